The number of hydrogen-bond donors (Lipinski definition) is 0. The molecule has 0 spiro atoms. The van der Waals surface area contributed by atoms with Crippen molar-refractivity contribution >= 4 is 11.7 Å². The summed E-state index contributed by atoms with van der Waals surface area (Å²) < 4.78 is 130. The van der Waals surface area contributed by atoms with Crippen molar-refractivity contribution in [2.75, 3.05) is 6.79 Å². The van der Waals surface area contributed by atoms with E-state index in [-0.39, 0.29) is 12.6 Å². The van der Waals surface area contributed by atoms with E-state index in [2.05, 4.69) is 9.98 Å². The Kier molecular flexibility index (Phi) is 8.06. The summed E-state index contributed by atoms with van der Waals surface area (Å²) in [6, 6.07) is 0.900. The molecule has 0 atom stereocenters. The molecule has 0 N–H and O–H groups in total. The molecule has 1 aromatic heterocycles. The molecule has 200 valence electrons. The third-order valence-corrected chi connectivity index (χ3v) is 4.45. The summed E-state index contributed by atoms with van der Waals surface area (Å²) in [6.45, 7) is 4.83. The van der Waals surface area contributed by atoms with Crippen LogP contribution in [0.25, 0.3) is 0 Å². The standard InChI is InChI=1S/C21H20F9N3O3/c1-5-33-15(35-10-36-16(34)18(2,3)4)9-14(21(28,29)30)32-17(33)31-13-7-6-11(19(22,23)24)8-12(13)20(25,26)27/h6-9H,5,10H2,1-4H3. The lowest BCUT2D eigenvalue weighted by atomic mass is 9.98. The first-order valence-electron chi connectivity index (χ1n) is 10.1. The molecule has 0 aliphatic carbocycles. The molecule has 2 aromatic rings. The van der Waals surface area contributed by atoms with Gasteiger partial charge in [-0.25, -0.2) is 9.98 Å². The molecule has 0 aliphatic heterocycles. The van der Waals surface area contributed by atoms with Gasteiger partial charge in [-0.3, -0.25) is 9.36 Å². The minimum atomic E-state index is -5.32. The Balaban J connectivity index is 2.71. The first-order chi connectivity index (χ1) is 16.2. The lowest BCUT2D eigenvalue weighted by molar-refractivity contribution is -0.160. The largest absolute Gasteiger partial charge is 0.442 e. The van der Waals surface area contributed by atoms with Crippen molar-refractivity contribution in [3.8, 4) is 5.88 Å². The normalized spacial score (nSPS) is 13.6. The molecule has 2 rings (SSSR count). The van der Waals surface area contributed by atoms with E-state index in [9.17, 15) is 44.3 Å². The number of rotatable bonds is 5. The van der Waals surface area contributed by atoms with Crippen LogP contribution in [0.3, 0.4) is 0 Å². The number of carbonyl (C=O) groups is 1. The van der Waals surface area contributed by atoms with Crippen molar-refractivity contribution in [3.05, 3.63) is 46.7 Å². The van der Waals surface area contributed by atoms with E-state index in [1.165, 1.54) is 27.7 Å². The van der Waals surface area contributed by atoms with Crippen molar-refractivity contribution in [1.29, 1.82) is 0 Å². The summed E-state index contributed by atoms with van der Waals surface area (Å²) in [5.41, 5.74) is -8.07. The minimum absolute atomic E-state index is 0.202. The summed E-state index contributed by atoms with van der Waals surface area (Å²) in [5, 5.41) is 0. The highest BCUT2D eigenvalue weighted by molar-refractivity contribution is 5.75. The van der Waals surface area contributed by atoms with Gasteiger partial charge < -0.3 is 9.47 Å². The molecule has 0 amide bonds. The van der Waals surface area contributed by atoms with Crippen molar-refractivity contribution in [2.24, 2.45) is 10.4 Å². The van der Waals surface area contributed by atoms with E-state index in [0.29, 0.717) is 18.2 Å². The first kappa shape index (κ1) is 29.0. The molecule has 0 bridgehead atoms. The molecule has 0 saturated heterocycles. The lowest BCUT2D eigenvalue weighted by Crippen LogP contribution is -2.30. The maximum atomic E-state index is 13.5. The zero-order chi connectivity index (χ0) is 27.7. The highest BCUT2D eigenvalue weighted by atomic mass is 19.4. The third kappa shape index (κ3) is 7.13. The number of carbonyl (C=O) groups excluding carboxylic acids is 1. The number of alkyl halides is 9. The smallest absolute Gasteiger partial charge is 0.433 e. The molecule has 1 aromatic carbocycles. The first-order valence-corrected chi connectivity index (χ1v) is 10.1. The van der Waals surface area contributed by atoms with Crippen molar-refractivity contribution < 1.29 is 53.8 Å². The van der Waals surface area contributed by atoms with Crippen LogP contribution < -0.4 is 10.4 Å². The quantitative estimate of drug-likeness (QED) is 0.264. The van der Waals surface area contributed by atoms with Crippen molar-refractivity contribution in [2.45, 2.75) is 52.8 Å². The summed E-state index contributed by atoms with van der Waals surface area (Å²) in [7, 11) is 0. The fourth-order valence-corrected chi connectivity index (χ4v) is 2.65. The Morgan fingerprint density at radius 2 is 1.56 bits per heavy atom. The molecule has 0 unspecified atom stereocenters. The zero-order valence-electron chi connectivity index (χ0n) is 19.2. The number of hydrogen-bond acceptors (Lipinski definition) is 5. The van der Waals surface area contributed by atoms with Gasteiger partial charge in [-0.1, -0.05) is 0 Å². The summed E-state index contributed by atoms with van der Waals surface area (Å²) in [4.78, 5) is 18.6. The van der Waals surface area contributed by atoms with Crippen LogP contribution in [0.5, 0.6) is 5.88 Å². The van der Waals surface area contributed by atoms with Crippen LogP contribution >= 0.6 is 0 Å². The van der Waals surface area contributed by atoms with Crippen LogP contribution in [0.2, 0.25) is 0 Å². The SMILES string of the molecule is CCn1c(OCOC(=O)C(C)(C)C)cc(C(F)(F)F)nc1=Nc1ccc(C(F)(F)F)cc1C(F)(F)F. The Morgan fingerprint density at radius 1 is 0.944 bits per heavy atom. The maximum Gasteiger partial charge on any atom is 0.433 e. The number of aromatic nitrogens is 2. The highest BCUT2D eigenvalue weighted by Gasteiger charge is 2.39. The highest BCUT2D eigenvalue weighted by Crippen LogP contribution is 2.40. The van der Waals surface area contributed by atoms with Gasteiger partial charge in [0.25, 0.3) is 0 Å². The second-order valence-corrected chi connectivity index (χ2v) is 8.30. The molecular formula is C21H20F9N3O3. The monoisotopic (exact) mass is 533 g/mol. The fraction of sp³-hybridized carbons (Fsp3) is 0.476. The number of nitrogens with zero attached hydrogens (tertiary/aromatic N) is 3. The van der Waals surface area contributed by atoms with Gasteiger partial charge in [0.15, 0.2) is 5.69 Å². The summed E-state index contributed by atoms with van der Waals surface area (Å²) >= 11 is 0. The molecule has 0 fully saturated rings. The van der Waals surface area contributed by atoms with Crippen LogP contribution in [-0.4, -0.2) is 22.3 Å². The van der Waals surface area contributed by atoms with Crippen LogP contribution in [0.1, 0.15) is 44.5 Å². The van der Waals surface area contributed by atoms with E-state index >= 15 is 0 Å². The minimum Gasteiger partial charge on any atom is -0.442 e. The lowest BCUT2D eigenvalue weighted by Gasteiger charge is -2.19. The predicted octanol–water partition coefficient (Wildman–Crippen LogP) is 6.12. The maximum absolute atomic E-state index is 13.5. The number of halogens is 9. The number of benzene rings is 1. The van der Waals surface area contributed by atoms with Crippen molar-refractivity contribution in [1.82, 2.24) is 9.55 Å². The van der Waals surface area contributed by atoms with Crippen LogP contribution in [0.4, 0.5) is 45.2 Å². The molecule has 0 radical (unpaired) electrons. The Bertz CT molecular complexity index is 1170. The zero-order valence-corrected chi connectivity index (χ0v) is 19.2. The van der Waals surface area contributed by atoms with Gasteiger partial charge in [-0.05, 0) is 45.9 Å². The average Bonchev–Trinajstić information content (AvgIpc) is 2.70. The van der Waals surface area contributed by atoms with Gasteiger partial charge in [-0.15, -0.1) is 0 Å². The molecule has 6 nitrogen and oxygen atoms in total. The van der Waals surface area contributed by atoms with Gasteiger partial charge in [-0.2, -0.15) is 39.5 Å². The molecular weight excluding hydrogens is 513 g/mol. The number of esters is 1. The van der Waals surface area contributed by atoms with Gasteiger partial charge in [0, 0.05) is 12.6 Å². The van der Waals surface area contributed by atoms with E-state index < -0.39 is 70.7 Å². The van der Waals surface area contributed by atoms with Gasteiger partial charge in [0.2, 0.25) is 18.3 Å². The van der Waals surface area contributed by atoms with E-state index in [1.54, 1.807) is 0 Å². The third-order valence-electron chi connectivity index (χ3n) is 4.45. The fourth-order valence-electron chi connectivity index (χ4n) is 2.65. The second-order valence-electron chi connectivity index (χ2n) is 8.30. The Hall–Kier alpha value is -3.26. The van der Waals surface area contributed by atoms with E-state index in [1.807, 2.05) is 0 Å². The van der Waals surface area contributed by atoms with E-state index in [0.717, 1.165) is 4.57 Å². The van der Waals surface area contributed by atoms with E-state index in [4.69, 9.17) is 9.47 Å². The van der Waals surface area contributed by atoms with Crippen molar-refractivity contribution in [3.63, 3.8) is 0 Å². The Labute approximate surface area is 198 Å². The van der Waals surface area contributed by atoms with Gasteiger partial charge in [0.1, 0.15) is 0 Å². The van der Waals surface area contributed by atoms with Gasteiger partial charge >= 0.3 is 24.5 Å². The second kappa shape index (κ2) is 10.0. The predicted molar refractivity (Wildman–Crippen MR) is 106 cm³/mol. The molecule has 36 heavy (non-hydrogen) atoms. The Morgan fingerprint density at radius 3 is 2.03 bits per heavy atom. The van der Waals surface area contributed by atoms with Crippen LogP contribution in [0, 0.1) is 5.41 Å². The van der Waals surface area contributed by atoms with Crippen LogP contribution in [0.15, 0.2) is 29.3 Å². The molecule has 0 aliphatic rings. The topological polar surface area (TPSA) is 65.7 Å². The van der Waals surface area contributed by atoms with Gasteiger partial charge in [0.05, 0.1) is 22.2 Å². The average molecular weight is 533 g/mol. The number of ether oxygens (including phenoxy) is 2. The molecule has 15 heteroatoms. The summed E-state index contributed by atoms with van der Waals surface area (Å²) in [6.07, 6.45) is -15.5. The molecule has 0 saturated carbocycles. The summed E-state index contributed by atoms with van der Waals surface area (Å²) in [5.74, 6) is -1.36. The van der Waals surface area contributed by atoms with Crippen LogP contribution in [-0.2, 0) is 34.6 Å². The molecule has 1 heterocycles.